The zero-order chi connectivity index (χ0) is 29.7. The highest BCUT2D eigenvalue weighted by molar-refractivity contribution is 5.69. The molecule has 41 heavy (non-hydrogen) atoms. The monoisotopic (exact) mass is 570 g/mol. The average Bonchev–Trinajstić information content (AvgIpc) is 3.27. The molecule has 0 radical (unpaired) electrons. The molecule has 2 rings (SSSR count). The van der Waals surface area contributed by atoms with Gasteiger partial charge in [-0.05, 0) is 75.7 Å². The van der Waals surface area contributed by atoms with Gasteiger partial charge in [0.1, 0.15) is 6.10 Å². The van der Waals surface area contributed by atoms with E-state index in [2.05, 4.69) is 30.9 Å². The Morgan fingerprint density at radius 3 is 2.37 bits per heavy atom. The maximum absolute atomic E-state index is 12.7. The predicted molar refractivity (Wildman–Crippen MR) is 164 cm³/mol. The molecule has 0 amide bonds. The third kappa shape index (κ3) is 14.8. The fourth-order valence-electron chi connectivity index (χ4n) is 5.85. The van der Waals surface area contributed by atoms with E-state index in [0.717, 1.165) is 44.9 Å². The van der Waals surface area contributed by atoms with Gasteiger partial charge in [-0.2, -0.15) is 0 Å². The highest BCUT2D eigenvalue weighted by Crippen LogP contribution is 2.40. The number of aliphatic hydroxyl groups excluding tert-OH is 2. The van der Waals surface area contributed by atoms with E-state index in [1.54, 1.807) is 0 Å². The van der Waals surface area contributed by atoms with Crippen LogP contribution in [0, 0.1) is 11.8 Å². The zero-order valence-electron chi connectivity index (χ0n) is 25.3. The number of ether oxygens (including phenoxy) is 2. The summed E-state index contributed by atoms with van der Waals surface area (Å²) in [4.78, 5) is 24.0. The predicted octanol–water partition coefficient (Wildman–Crippen LogP) is 7.27. The van der Waals surface area contributed by atoms with Gasteiger partial charge in [0.05, 0.1) is 19.3 Å². The molecule has 0 unspecified atom stereocenters. The number of aliphatic hydroxyl groups is 2. The van der Waals surface area contributed by atoms with Crippen LogP contribution in [0.1, 0.15) is 108 Å². The summed E-state index contributed by atoms with van der Waals surface area (Å²) in [5.74, 6) is -0.405. The lowest BCUT2D eigenvalue weighted by molar-refractivity contribution is -0.151. The van der Waals surface area contributed by atoms with Crippen molar-refractivity contribution >= 4 is 11.9 Å². The number of aryl methyl sites for hydroxylation is 1. The number of methoxy groups -OCH3 is 1. The van der Waals surface area contributed by atoms with E-state index in [4.69, 9.17) is 9.47 Å². The number of benzene rings is 1. The third-order valence-corrected chi connectivity index (χ3v) is 8.31. The molecule has 1 saturated carbocycles. The molecule has 6 nitrogen and oxygen atoms in total. The molecule has 0 aromatic heterocycles. The van der Waals surface area contributed by atoms with Crippen molar-refractivity contribution in [1.82, 2.24) is 0 Å². The van der Waals surface area contributed by atoms with Gasteiger partial charge >= 0.3 is 11.9 Å². The van der Waals surface area contributed by atoms with Crippen LogP contribution >= 0.6 is 0 Å². The molecule has 1 aliphatic carbocycles. The highest BCUT2D eigenvalue weighted by atomic mass is 16.5. The number of hydrogen-bond donors (Lipinski definition) is 2. The summed E-state index contributed by atoms with van der Waals surface area (Å²) in [5, 5.41) is 21.7. The molecule has 1 aromatic rings. The molecular formula is C35H54O6. The quantitative estimate of drug-likeness (QED) is 0.0865. The Bertz CT molecular complexity index is 882. The normalized spacial score (nSPS) is 21.1. The van der Waals surface area contributed by atoms with E-state index in [9.17, 15) is 19.8 Å². The molecule has 5 atom stereocenters. The summed E-state index contributed by atoms with van der Waals surface area (Å²) in [6, 6.07) is 10.2. The van der Waals surface area contributed by atoms with Gasteiger partial charge in [-0.3, -0.25) is 9.59 Å². The third-order valence-electron chi connectivity index (χ3n) is 8.31. The smallest absolute Gasteiger partial charge is 0.306 e. The van der Waals surface area contributed by atoms with Crippen LogP contribution in [0.4, 0.5) is 0 Å². The van der Waals surface area contributed by atoms with E-state index in [0.29, 0.717) is 44.9 Å². The minimum absolute atomic E-state index is 0.00454. The van der Waals surface area contributed by atoms with Crippen LogP contribution in [0.25, 0.3) is 0 Å². The van der Waals surface area contributed by atoms with Crippen LogP contribution in [0.5, 0.6) is 0 Å². The molecule has 230 valence electrons. The number of allylic oxidation sites excluding steroid dienone is 3. The molecule has 0 aliphatic heterocycles. The SMILES string of the molecule is C=CCCCCCCCCC(=O)O[C@@H]1C[C@H](O)[C@H](C/C=C\CCCC(=O)OC)[C@H]1CC[C@@H](O)CCc1ccccc1. The molecule has 0 saturated heterocycles. The lowest BCUT2D eigenvalue weighted by Crippen LogP contribution is -2.27. The second-order valence-electron chi connectivity index (χ2n) is 11.5. The zero-order valence-corrected chi connectivity index (χ0v) is 25.3. The minimum atomic E-state index is -0.547. The Hall–Kier alpha value is -2.44. The van der Waals surface area contributed by atoms with Gasteiger partial charge in [0, 0.05) is 25.2 Å². The standard InChI is InChI=1S/C35H54O6/c1-3-4-5-6-7-8-9-17-22-35(39)41-33-27-32(37)30(20-15-10-11-16-21-34(38)40-2)31(33)26-25-29(36)24-23-28-18-13-12-14-19-28/h3,10,12-15,18-19,29-33,36-37H,1,4-9,11,16-17,20-27H2,2H3/b15-10-/t29-,30+,31+,32-,33+/m0/s1. The van der Waals surface area contributed by atoms with Crippen LogP contribution in [0.2, 0.25) is 0 Å². The Morgan fingerprint density at radius 1 is 0.927 bits per heavy atom. The van der Waals surface area contributed by atoms with Gasteiger partial charge in [-0.1, -0.05) is 74.2 Å². The van der Waals surface area contributed by atoms with Crippen molar-refractivity contribution in [2.75, 3.05) is 7.11 Å². The first kappa shape index (κ1) is 34.8. The number of unbranched alkanes of at least 4 members (excludes halogenated alkanes) is 7. The topological polar surface area (TPSA) is 93.1 Å². The van der Waals surface area contributed by atoms with Crippen molar-refractivity contribution in [1.29, 1.82) is 0 Å². The molecule has 1 fully saturated rings. The lowest BCUT2D eigenvalue weighted by atomic mass is 9.85. The Labute approximate surface area is 248 Å². The number of carbonyl (C=O) groups is 2. The van der Waals surface area contributed by atoms with Crippen molar-refractivity contribution in [2.24, 2.45) is 11.8 Å². The first-order valence-corrected chi connectivity index (χ1v) is 15.9. The maximum atomic E-state index is 12.7. The minimum Gasteiger partial charge on any atom is -0.469 e. The fourth-order valence-corrected chi connectivity index (χ4v) is 5.85. The van der Waals surface area contributed by atoms with E-state index < -0.39 is 12.2 Å². The molecule has 1 aromatic carbocycles. The molecule has 2 N–H and O–H groups in total. The van der Waals surface area contributed by atoms with E-state index in [1.807, 2.05) is 24.3 Å². The van der Waals surface area contributed by atoms with Crippen molar-refractivity contribution < 1.29 is 29.3 Å². The molecular weight excluding hydrogens is 516 g/mol. The van der Waals surface area contributed by atoms with Crippen molar-refractivity contribution in [3.8, 4) is 0 Å². The Balaban J connectivity index is 1.86. The summed E-state index contributed by atoms with van der Waals surface area (Å²) < 4.78 is 10.7. The van der Waals surface area contributed by atoms with Crippen LogP contribution in [0.15, 0.2) is 55.1 Å². The molecule has 6 heteroatoms. The number of carbonyl (C=O) groups excluding carboxylic acids is 2. The summed E-state index contributed by atoms with van der Waals surface area (Å²) in [5.41, 5.74) is 1.21. The van der Waals surface area contributed by atoms with Gasteiger partial charge < -0.3 is 19.7 Å². The van der Waals surface area contributed by atoms with E-state index in [1.165, 1.54) is 31.9 Å². The van der Waals surface area contributed by atoms with Crippen LogP contribution in [-0.4, -0.2) is 47.6 Å². The summed E-state index contributed by atoms with van der Waals surface area (Å²) in [6.45, 7) is 3.76. The average molecular weight is 571 g/mol. The van der Waals surface area contributed by atoms with E-state index in [-0.39, 0.29) is 29.9 Å². The molecule has 0 bridgehead atoms. The number of esters is 2. The highest BCUT2D eigenvalue weighted by Gasteiger charge is 2.43. The van der Waals surface area contributed by atoms with Crippen molar-refractivity contribution in [3.63, 3.8) is 0 Å². The van der Waals surface area contributed by atoms with Crippen LogP contribution in [0.3, 0.4) is 0 Å². The van der Waals surface area contributed by atoms with Gasteiger partial charge in [-0.15, -0.1) is 6.58 Å². The van der Waals surface area contributed by atoms with Crippen LogP contribution < -0.4 is 0 Å². The van der Waals surface area contributed by atoms with Crippen molar-refractivity contribution in [2.45, 2.75) is 127 Å². The van der Waals surface area contributed by atoms with Gasteiger partial charge in [0.15, 0.2) is 0 Å². The van der Waals surface area contributed by atoms with E-state index >= 15 is 0 Å². The summed E-state index contributed by atoms with van der Waals surface area (Å²) in [7, 11) is 1.40. The Morgan fingerprint density at radius 2 is 1.63 bits per heavy atom. The molecule has 0 spiro atoms. The van der Waals surface area contributed by atoms with Crippen LogP contribution in [-0.2, 0) is 25.5 Å². The fraction of sp³-hybridized carbons (Fsp3) is 0.657. The number of rotatable bonds is 22. The second kappa shape index (κ2) is 21.3. The molecule has 1 aliphatic rings. The maximum Gasteiger partial charge on any atom is 0.306 e. The lowest BCUT2D eigenvalue weighted by Gasteiger charge is -2.26. The van der Waals surface area contributed by atoms with Gasteiger partial charge in [0.2, 0.25) is 0 Å². The summed E-state index contributed by atoms with van der Waals surface area (Å²) in [6.07, 6.45) is 18.7. The first-order chi connectivity index (χ1) is 19.9. The van der Waals surface area contributed by atoms with Gasteiger partial charge in [0.25, 0.3) is 0 Å². The Kier molecular flexibility index (Phi) is 18.0. The molecule has 0 heterocycles. The summed E-state index contributed by atoms with van der Waals surface area (Å²) >= 11 is 0. The first-order valence-electron chi connectivity index (χ1n) is 15.9. The van der Waals surface area contributed by atoms with Crippen molar-refractivity contribution in [3.05, 3.63) is 60.7 Å². The second-order valence-corrected chi connectivity index (χ2v) is 11.5. The van der Waals surface area contributed by atoms with Gasteiger partial charge in [-0.25, -0.2) is 0 Å². The largest absolute Gasteiger partial charge is 0.469 e. The number of hydrogen-bond acceptors (Lipinski definition) is 6.